The number of hydrogen-bond donors (Lipinski definition) is 5. The molecule has 3 atom stereocenters. The molecule has 0 spiro atoms. The highest BCUT2D eigenvalue weighted by Gasteiger charge is 2.24. The van der Waals surface area contributed by atoms with Gasteiger partial charge < -0.3 is 27.1 Å². The summed E-state index contributed by atoms with van der Waals surface area (Å²) in [6.45, 7) is 1.54. The maximum absolute atomic E-state index is 12.4. The van der Waals surface area contributed by atoms with Crippen LogP contribution in [0, 0.1) is 0 Å². The zero-order valence-electron chi connectivity index (χ0n) is 16.0. The smallest absolute Gasteiger partial charge is 0.242 e. The molecule has 2 aromatic rings. The third-order valence-corrected chi connectivity index (χ3v) is 5.12. The van der Waals surface area contributed by atoms with Gasteiger partial charge in [0.25, 0.3) is 0 Å². The van der Waals surface area contributed by atoms with Crippen LogP contribution < -0.4 is 22.1 Å². The summed E-state index contributed by atoms with van der Waals surface area (Å²) in [5, 5.41) is 6.18. The molecule has 9 heteroatoms. The van der Waals surface area contributed by atoms with E-state index in [2.05, 4.69) is 15.6 Å². The molecule has 1 aromatic carbocycles. The molecule has 7 N–H and O–H groups in total. The summed E-state index contributed by atoms with van der Waals surface area (Å²) in [7, 11) is 0. The predicted octanol–water partition coefficient (Wildman–Crippen LogP) is 0.266. The molecule has 0 aliphatic carbocycles. The van der Waals surface area contributed by atoms with Crippen molar-refractivity contribution in [1.82, 2.24) is 15.6 Å². The number of amides is 3. The molecule has 0 unspecified atom stereocenters. The number of aromatic amines is 1. The van der Waals surface area contributed by atoms with Crippen molar-refractivity contribution in [3.05, 3.63) is 36.0 Å². The van der Waals surface area contributed by atoms with Gasteiger partial charge in [0.1, 0.15) is 12.1 Å². The van der Waals surface area contributed by atoms with Gasteiger partial charge in [-0.2, -0.15) is 11.8 Å². The second-order valence-electron chi connectivity index (χ2n) is 6.65. The molecule has 0 bridgehead atoms. The number of para-hydroxylation sites is 1. The van der Waals surface area contributed by atoms with Crippen LogP contribution in [0.5, 0.6) is 0 Å². The Morgan fingerprint density at radius 3 is 2.57 bits per heavy atom. The first-order valence-electron chi connectivity index (χ1n) is 9.03. The van der Waals surface area contributed by atoms with E-state index in [1.807, 2.05) is 36.7 Å². The van der Waals surface area contributed by atoms with Crippen molar-refractivity contribution in [2.45, 2.75) is 37.9 Å². The highest BCUT2D eigenvalue weighted by atomic mass is 32.2. The lowest BCUT2D eigenvalue weighted by atomic mass is 10.0. The minimum absolute atomic E-state index is 0.335. The number of benzene rings is 1. The third-order valence-electron chi connectivity index (χ3n) is 4.47. The summed E-state index contributed by atoms with van der Waals surface area (Å²) in [5.41, 5.74) is 13.3. The lowest BCUT2D eigenvalue weighted by Crippen LogP contribution is -2.54. The summed E-state index contributed by atoms with van der Waals surface area (Å²) >= 11 is 1.55. The lowest BCUT2D eigenvalue weighted by molar-refractivity contribution is -0.131. The van der Waals surface area contributed by atoms with Crippen LogP contribution in [0.3, 0.4) is 0 Å². The Labute approximate surface area is 168 Å². The van der Waals surface area contributed by atoms with Gasteiger partial charge in [0, 0.05) is 17.1 Å². The van der Waals surface area contributed by atoms with Crippen LogP contribution in [-0.4, -0.2) is 52.8 Å². The first-order valence-corrected chi connectivity index (χ1v) is 10.4. The molecule has 0 aliphatic rings. The van der Waals surface area contributed by atoms with E-state index in [0.717, 1.165) is 16.5 Å². The van der Waals surface area contributed by atoms with E-state index in [9.17, 15) is 14.4 Å². The molecular weight excluding hydrogens is 378 g/mol. The van der Waals surface area contributed by atoms with E-state index in [-0.39, 0.29) is 0 Å². The van der Waals surface area contributed by atoms with Crippen molar-refractivity contribution in [2.75, 3.05) is 12.0 Å². The number of aromatic nitrogens is 1. The van der Waals surface area contributed by atoms with Crippen molar-refractivity contribution in [1.29, 1.82) is 0 Å². The Bertz CT molecular complexity index is 838. The second kappa shape index (κ2) is 10.1. The SMILES string of the molecule is CSCC[C@H](NC(=O)[C@H](C)NC(=O)[C@@H](N)Cc1c[nH]c2ccccc12)C(N)=O. The maximum Gasteiger partial charge on any atom is 0.242 e. The van der Waals surface area contributed by atoms with Gasteiger partial charge in [-0.25, -0.2) is 0 Å². The van der Waals surface area contributed by atoms with Crippen molar-refractivity contribution < 1.29 is 14.4 Å². The number of nitrogens with two attached hydrogens (primary N) is 2. The first kappa shape index (κ1) is 21.8. The Kier molecular flexibility index (Phi) is 7.89. The van der Waals surface area contributed by atoms with E-state index < -0.39 is 35.8 Å². The van der Waals surface area contributed by atoms with Gasteiger partial charge >= 0.3 is 0 Å². The van der Waals surface area contributed by atoms with Crippen LogP contribution in [0.2, 0.25) is 0 Å². The summed E-state index contributed by atoms with van der Waals surface area (Å²) in [5.74, 6) is -0.827. The van der Waals surface area contributed by atoms with Crippen molar-refractivity contribution in [2.24, 2.45) is 11.5 Å². The van der Waals surface area contributed by atoms with Crippen molar-refractivity contribution in [3.8, 4) is 0 Å². The van der Waals surface area contributed by atoms with E-state index >= 15 is 0 Å². The Balaban J connectivity index is 1.91. The third kappa shape index (κ3) is 5.74. The van der Waals surface area contributed by atoms with Gasteiger partial charge in [0.05, 0.1) is 6.04 Å². The molecule has 8 nitrogen and oxygen atoms in total. The molecular formula is C19H27N5O3S. The number of nitrogens with one attached hydrogen (secondary N) is 3. The molecule has 152 valence electrons. The highest BCUT2D eigenvalue weighted by Crippen LogP contribution is 2.18. The fourth-order valence-corrected chi connectivity index (χ4v) is 3.31. The summed E-state index contributed by atoms with van der Waals surface area (Å²) in [4.78, 5) is 39.3. The van der Waals surface area contributed by atoms with E-state index in [0.29, 0.717) is 18.6 Å². The molecule has 0 fully saturated rings. The van der Waals surface area contributed by atoms with Crippen molar-refractivity contribution >= 4 is 40.4 Å². The van der Waals surface area contributed by atoms with Crippen LogP contribution >= 0.6 is 11.8 Å². The molecule has 0 aliphatic heterocycles. The Hall–Kier alpha value is -2.52. The first-order chi connectivity index (χ1) is 13.3. The molecule has 2 rings (SSSR count). The normalized spacial score (nSPS) is 14.2. The average Bonchev–Trinajstić information content (AvgIpc) is 3.07. The number of carbonyl (C=O) groups is 3. The zero-order valence-corrected chi connectivity index (χ0v) is 16.8. The van der Waals surface area contributed by atoms with Gasteiger partial charge in [-0.15, -0.1) is 0 Å². The minimum atomic E-state index is -0.836. The van der Waals surface area contributed by atoms with Gasteiger partial charge in [-0.3, -0.25) is 14.4 Å². The number of carbonyl (C=O) groups excluding carboxylic acids is 3. The molecule has 1 aromatic heterocycles. The molecule has 0 radical (unpaired) electrons. The average molecular weight is 406 g/mol. The molecule has 3 amide bonds. The van der Waals surface area contributed by atoms with Crippen LogP contribution in [0.4, 0.5) is 0 Å². The Morgan fingerprint density at radius 2 is 1.89 bits per heavy atom. The minimum Gasteiger partial charge on any atom is -0.368 e. The Morgan fingerprint density at radius 1 is 1.18 bits per heavy atom. The topological polar surface area (TPSA) is 143 Å². The zero-order chi connectivity index (χ0) is 20.7. The fourth-order valence-electron chi connectivity index (χ4n) is 2.83. The van der Waals surface area contributed by atoms with Gasteiger partial charge in [-0.05, 0) is 43.4 Å². The monoisotopic (exact) mass is 405 g/mol. The summed E-state index contributed by atoms with van der Waals surface area (Å²) in [6.07, 6.45) is 4.50. The van der Waals surface area contributed by atoms with E-state index in [1.165, 1.54) is 6.92 Å². The van der Waals surface area contributed by atoms with Gasteiger partial charge in [0.15, 0.2) is 0 Å². The number of thioether (sulfide) groups is 1. The number of fused-ring (bicyclic) bond motifs is 1. The summed E-state index contributed by atoms with van der Waals surface area (Å²) < 4.78 is 0. The van der Waals surface area contributed by atoms with Crippen molar-refractivity contribution in [3.63, 3.8) is 0 Å². The fraction of sp³-hybridized carbons (Fsp3) is 0.421. The molecule has 1 heterocycles. The number of rotatable bonds is 10. The standard InChI is InChI=1S/C19H27N5O3S/c1-11(18(26)24-16(17(21)25)7-8-28-2)23-19(27)14(20)9-12-10-22-15-6-4-3-5-13(12)15/h3-6,10-11,14,16,22H,7-9,20H2,1-2H3,(H2,21,25)(H,23,27)(H,24,26)/t11-,14-,16-/m0/s1. The largest absolute Gasteiger partial charge is 0.368 e. The highest BCUT2D eigenvalue weighted by molar-refractivity contribution is 7.98. The van der Waals surface area contributed by atoms with Crippen LogP contribution in [-0.2, 0) is 20.8 Å². The lowest BCUT2D eigenvalue weighted by Gasteiger charge is -2.20. The number of H-pyrrole nitrogens is 1. The number of primary amides is 1. The van der Waals surface area contributed by atoms with Gasteiger partial charge in [-0.1, -0.05) is 18.2 Å². The van der Waals surface area contributed by atoms with Crippen LogP contribution in [0.25, 0.3) is 10.9 Å². The van der Waals surface area contributed by atoms with Crippen LogP contribution in [0.15, 0.2) is 30.5 Å². The quantitative estimate of drug-likeness (QED) is 0.385. The van der Waals surface area contributed by atoms with Gasteiger partial charge in [0.2, 0.25) is 17.7 Å². The van der Waals surface area contributed by atoms with Crippen LogP contribution in [0.1, 0.15) is 18.9 Å². The van der Waals surface area contributed by atoms with E-state index in [4.69, 9.17) is 11.5 Å². The summed E-state index contributed by atoms with van der Waals surface area (Å²) in [6, 6.07) is 5.34. The molecule has 0 saturated heterocycles. The molecule has 0 saturated carbocycles. The second-order valence-corrected chi connectivity index (χ2v) is 7.63. The van der Waals surface area contributed by atoms with E-state index in [1.54, 1.807) is 11.8 Å². The predicted molar refractivity (Wildman–Crippen MR) is 112 cm³/mol. The number of hydrogen-bond acceptors (Lipinski definition) is 5. The maximum atomic E-state index is 12.4. The molecule has 28 heavy (non-hydrogen) atoms.